The van der Waals surface area contributed by atoms with Gasteiger partial charge in [-0.05, 0) is 12.1 Å². The molecule has 2 N–H and O–H groups in total. The molecule has 0 saturated carbocycles. The number of rotatable bonds is 4. The molecule has 0 radical (unpaired) electrons. The van der Waals surface area contributed by atoms with Crippen LogP contribution in [-0.2, 0) is 16.1 Å². The van der Waals surface area contributed by atoms with Crippen LogP contribution in [0.15, 0.2) is 22.8 Å². The van der Waals surface area contributed by atoms with E-state index in [1.165, 1.54) is 0 Å². The van der Waals surface area contributed by atoms with Crippen LogP contribution >= 0.6 is 12.4 Å². The Labute approximate surface area is 106 Å². The fourth-order valence-corrected chi connectivity index (χ4v) is 1.65. The van der Waals surface area contributed by atoms with Gasteiger partial charge in [-0.15, -0.1) is 12.4 Å². The summed E-state index contributed by atoms with van der Waals surface area (Å²) in [6.45, 7) is 2.59. The smallest absolute Gasteiger partial charge is 0.222 e. The number of morpholine rings is 1. The minimum Gasteiger partial charge on any atom is -0.467 e. The van der Waals surface area contributed by atoms with E-state index in [9.17, 15) is 4.79 Å². The van der Waals surface area contributed by atoms with E-state index >= 15 is 0 Å². The Morgan fingerprint density at radius 3 is 3.12 bits per heavy atom. The molecule has 1 amide bonds. The summed E-state index contributed by atoms with van der Waals surface area (Å²) in [5.74, 6) is 0.778. The lowest BCUT2D eigenvalue weighted by Gasteiger charge is -2.23. The summed E-state index contributed by atoms with van der Waals surface area (Å²) in [7, 11) is 0. The van der Waals surface area contributed by atoms with Gasteiger partial charge in [0.05, 0.1) is 26.0 Å². The van der Waals surface area contributed by atoms with E-state index in [1.54, 1.807) is 12.3 Å². The molecule has 1 saturated heterocycles. The number of ether oxygens (including phenoxy) is 1. The highest BCUT2D eigenvalue weighted by Crippen LogP contribution is 2.01. The lowest BCUT2D eigenvalue weighted by Crippen LogP contribution is -2.44. The minimum absolute atomic E-state index is 0. The fraction of sp³-hybridized carbons (Fsp3) is 0.545. The molecule has 17 heavy (non-hydrogen) atoms. The second-order valence-electron chi connectivity index (χ2n) is 3.79. The number of carbonyl (C=O) groups excluding carboxylic acids is 1. The van der Waals surface area contributed by atoms with Crippen LogP contribution < -0.4 is 10.6 Å². The van der Waals surface area contributed by atoms with Crippen LogP contribution in [-0.4, -0.2) is 31.7 Å². The van der Waals surface area contributed by atoms with Crippen LogP contribution in [0.3, 0.4) is 0 Å². The van der Waals surface area contributed by atoms with Crippen molar-refractivity contribution in [3.63, 3.8) is 0 Å². The first-order chi connectivity index (χ1) is 7.84. The van der Waals surface area contributed by atoms with Crippen molar-refractivity contribution in [2.75, 3.05) is 19.8 Å². The summed E-state index contributed by atoms with van der Waals surface area (Å²) in [6, 6.07) is 3.77. The molecule has 1 aliphatic heterocycles. The lowest BCUT2D eigenvalue weighted by atomic mass is 10.2. The summed E-state index contributed by atoms with van der Waals surface area (Å²) < 4.78 is 10.4. The third-order valence-electron chi connectivity index (χ3n) is 2.47. The third kappa shape index (κ3) is 4.77. The zero-order valence-electron chi connectivity index (χ0n) is 9.48. The summed E-state index contributed by atoms with van der Waals surface area (Å²) in [6.07, 6.45) is 2.04. The molecule has 0 aliphatic carbocycles. The van der Waals surface area contributed by atoms with Gasteiger partial charge in [0.1, 0.15) is 5.76 Å². The van der Waals surface area contributed by atoms with E-state index in [4.69, 9.17) is 9.15 Å². The Kier molecular flexibility index (Phi) is 6.04. The van der Waals surface area contributed by atoms with Crippen LogP contribution in [0.25, 0.3) is 0 Å². The first kappa shape index (κ1) is 14.0. The second kappa shape index (κ2) is 7.32. The number of hydrogen-bond donors (Lipinski definition) is 2. The number of carbonyl (C=O) groups is 1. The Morgan fingerprint density at radius 1 is 1.59 bits per heavy atom. The zero-order valence-corrected chi connectivity index (χ0v) is 10.3. The standard InChI is InChI=1S/C11H16N2O3.ClH/c14-11(6-9-8-15-5-3-12-9)13-7-10-2-1-4-16-10;/h1-2,4,9,12H,3,5-8H2,(H,13,14);1H. The van der Waals surface area contributed by atoms with Gasteiger partial charge in [-0.2, -0.15) is 0 Å². The molecule has 2 rings (SSSR count). The predicted molar refractivity (Wildman–Crippen MR) is 65.0 cm³/mol. The van der Waals surface area contributed by atoms with Gasteiger partial charge in [-0.3, -0.25) is 4.79 Å². The Balaban J connectivity index is 0.00000144. The van der Waals surface area contributed by atoms with E-state index in [2.05, 4.69) is 10.6 Å². The molecule has 6 heteroatoms. The number of furan rings is 1. The van der Waals surface area contributed by atoms with Gasteiger partial charge in [0, 0.05) is 19.0 Å². The maximum Gasteiger partial charge on any atom is 0.222 e. The van der Waals surface area contributed by atoms with Gasteiger partial charge in [0.2, 0.25) is 5.91 Å². The van der Waals surface area contributed by atoms with E-state index in [0.717, 1.165) is 18.9 Å². The van der Waals surface area contributed by atoms with Crippen molar-refractivity contribution in [2.45, 2.75) is 19.0 Å². The molecule has 0 aromatic carbocycles. The maximum absolute atomic E-state index is 11.6. The van der Waals surface area contributed by atoms with Gasteiger partial charge in [0.25, 0.3) is 0 Å². The highest BCUT2D eigenvalue weighted by Gasteiger charge is 2.16. The molecule has 1 aliphatic rings. The van der Waals surface area contributed by atoms with Crippen molar-refractivity contribution in [2.24, 2.45) is 0 Å². The summed E-state index contributed by atoms with van der Waals surface area (Å²) in [5, 5.41) is 6.04. The number of hydrogen-bond acceptors (Lipinski definition) is 4. The maximum atomic E-state index is 11.6. The van der Waals surface area contributed by atoms with Crippen LogP contribution in [0.4, 0.5) is 0 Å². The average molecular weight is 261 g/mol. The first-order valence-corrected chi connectivity index (χ1v) is 5.45. The highest BCUT2D eigenvalue weighted by molar-refractivity contribution is 5.85. The van der Waals surface area contributed by atoms with Gasteiger partial charge in [-0.1, -0.05) is 0 Å². The number of nitrogens with one attached hydrogen (secondary N) is 2. The van der Waals surface area contributed by atoms with Crippen molar-refractivity contribution < 1.29 is 13.9 Å². The van der Waals surface area contributed by atoms with Gasteiger partial charge in [0.15, 0.2) is 0 Å². The largest absolute Gasteiger partial charge is 0.467 e. The Hall–Kier alpha value is -1.04. The molecule has 1 aromatic rings. The monoisotopic (exact) mass is 260 g/mol. The van der Waals surface area contributed by atoms with E-state index in [1.807, 2.05) is 6.07 Å². The Bertz CT molecular complexity index is 323. The molecule has 1 fully saturated rings. The molecule has 1 unspecified atom stereocenters. The van der Waals surface area contributed by atoms with E-state index < -0.39 is 0 Å². The minimum atomic E-state index is 0. The number of halogens is 1. The quantitative estimate of drug-likeness (QED) is 0.836. The van der Waals surface area contributed by atoms with E-state index in [-0.39, 0.29) is 24.4 Å². The molecular weight excluding hydrogens is 244 g/mol. The second-order valence-corrected chi connectivity index (χ2v) is 3.79. The Morgan fingerprint density at radius 2 is 2.47 bits per heavy atom. The third-order valence-corrected chi connectivity index (χ3v) is 2.47. The molecule has 1 aromatic heterocycles. The van der Waals surface area contributed by atoms with Crippen molar-refractivity contribution in [1.29, 1.82) is 0 Å². The van der Waals surface area contributed by atoms with Crippen LogP contribution in [0, 0.1) is 0 Å². The van der Waals surface area contributed by atoms with Crippen molar-refractivity contribution in [3.8, 4) is 0 Å². The zero-order chi connectivity index (χ0) is 11.2. The normalized spacial score (nSPS) is 19.4. The molecule has 1 atom stereocenters. The lowest BCUT2D eigenvalue weighted by molar-refractivity contribution is -0.122. The highest BCUT2D eigenvalue weighted by atomic mass is 35.5. The van der Waals surface area contributed by atoms with Crippen LogP contribution in [0.5, 0.6) is 0 Å². The molecule has 0 bridgehead atoms. The fourth-order valence-electron chi connectivity index (χ4n) is 1.65. The molecule has 2 heterocycles. The summed E-state index contributed by atoms with van der Waals surface area (Å²) in [4.78, 5) is 11.6. The number of amides is 1. The van der Waals surface area contributed by atoms with Crippen molar-refractivity contribution in [3.05, 3.63) is 24.2 Å². The van der Waals surface area contributed by atoms with E-state index in [0.29, 0.717) is 19.6 Å². The van der Waals surface area contributed by atoms with Crippen LogP contribution in [0.2, 0.25) is 0 Å². The summed E-state index contributed by atoms with van der Waals surface area (Å²) >= 11 is 0. The van der Waals surface area contributed by atoms with Gasteiger partial charge >= 0.3 is 0 Å². The van der Waals surface area contributed by atoms with Gasteiger partial charge in [-0.25, -0.2) is 0 Å². The van der Waals surface area contributed by atoms with Gasteiger partial charge < -0.3 is 19.8 Å². The predicted octanol–water partition coefficient (Wildman–Crippen LogP) is 0.696. The SMILES string of the molecule is Cl.O=C(CC1COCCN1)NCc1ccco1. The van der Waals surface area contributed by atoms with Crippen molar-refractivity contribution in [1.82, 2.24) is 10.6 Å². The molecule has 5 nitrogen and oxygen atoms in total. The molecule has 96 valence electrons. The van der Waals surface area contributed by atoms with Crippen molar-refractivity contribution >= 4 is 18.3 Å². The topological polar surface area (TPSA) is 63.5 Å². The first-order valence-electron chi connectivity index (χ1n) is 5.45. The molecule has 0 spiro atoms. The van der Waals surface area contributed by atoms with Crippen LogP contribution in [0.1, 0.15) is 12.2 Å². The molecular formula is C11H17ClN2O3. The average Bonchev–Trinajstić information content (AvgIpc) is 2.81. The summed E-state index contributed by atoms with van der Waals surface area (Å²) in [5.41, 5.74) is 0.